The lowest BCUT2D eigenvalue weighted by Gasteiger charge is -2.08. The summed E-state index contributed by atoms with van der Waals surface area (Å²) >= 11 is 1.22. The van der Waals surface area contributed by atoms with Gasteiger partial charge in [-0.1, -0.05) is 11.3 Å². The molecule has 12 heteroatoms. The van der Waals surface area contributed by atoms with Crippen molar-refractivity contribution in [2.75, 3.05) is 18.4 Å². The Morgan fingerprint density at radius 3 is 2.41 bits per heavy atom. The number of hydrogen-bond donors (Lipinski definition) is 1. The van der Waals surface area contributed by atoms with E-state index in [-0.39, 0.29) is 29.3 Å². The predicted molar refractivity (Wildman–Crippen MR) is 137 cm³/mol. The van der Waals surface area contributed by atoms with E-state index in [1.165, 1.54) is 35.6 Å². The van der Waals surface area contributed by atoms with Crippen LogP contribution >= 0.6 is 11.3 Å². The summed E-state index contributed by atoms with van der Waals surface area (Å²) in [7, 11) is -2.39. The summed E-state index contributed by atoms with van der Waals surface area (Å²) in [6, 6.07) is 15.4. The number of aromatic nitrogens is 1. The lowest BCUT2D eigenvalue weighted by Crippen LogP contribution is -2.23. The number of thiazole rings is 1. The Morgan fingerprint density at radius 2 is 1.76 bits per heavy atom. The van der Waals surface area contributed by atoms with Gasteiger partial charge in [-0.05, 0) is 73.7 Å². The SMILES string of the molecule is CCOC(=O)Cn1c(=NC(=O)c2ccc(NS(=O)(=O)c3ccc(F)cc3)cc2)sc2cc(OC)ccc21. The molecular formula is C25H22FN3O6S2. The average Bonchev–Trinajstić information content (AvgIpc) is 3.20. The standard InChI is InChI=1S/C25H22FN3O6S2/c1-3-35-23(30)15-29-21-13-10-19(34-2)14-22(21)36-25(29)27-24(31)16-4-8-18(9-5-16)28-37(32,33)20-11-6-17(26)7-12-20/h4-14,28H,3,15H2,1-2H3. The molecule has 0 saturated carbocycles. The summed E-state index contributed by atoms with van der Waals surface area (Å²) in [4.78, 5) is 29.5. The van der Waals surface area contributed by atoms with Crippen LogP contribution in [0.2, 0.25) is 0 Å². The molecule has 3 aromatic carbocycles. The summed E-state index contributed by atoms with van der Waals surface area (Å²) in [5.74, 6) is -0.978. The zero-order valence-corrected chi connectivity index (χ0v) is 21.4. The summed E-state index contributed by atoms with van der Waals surface area (Å²) in [5.41, 5.74) is 1.12. The molecular weight excluding hydrogens is 521 g/mol. The molecule has 0 bridgehead atoms. The highest BCUT2D eigenvalue weighted by atomic mass is 32.2. The number of methoxy groups -OCH3 is 1. The van der Waals surface area contributed by atoms with Gasteiger partial charge in [0.25, 0.3) is 15.9 Å². The average molecular weight is 544 g/mol. The first-order valence-corrected chi connectivity index (χ1v) is 13.3. The van der Waals surface area contributed by atoms with Crippen molar-refractivity contribution in [3.8, 4) is 5.75 Å². The highest BCUT2D eigenvalue weighted by Crippen LogP contribution is 2.23. The van der Waals surface area contributed by atoms with Crippen molar-refractivity contribution in [1.82, 2.24) is 4.57 Å². The minimum atomic E-state index is -3.94. The second-order valence-electron chi connectivity index (χ2n) is 7.66. The van der Waals surface area contributed by atoms with Crippen molar-refractivity contribution in [2.24, 2.45) is 4.99 Å². The molecule has 1 N–H and O–H groups in total. The highest BCUT2D eigenvalue weighted by molar-refractivity contribution is 7.92. The van der Waals surface area contributed by atoms with Crippen LogP contribution in [0.4, 0.5) is 10.1 Å². The van der Waals surface area contributed by atoms with Crippen molar-refractivity contribution >= 4 is 49.1 Å². The van der Waals surface area contributed by atoms with Crippen molar-refractivity contribution in [1.29, 1.82) is 0 Å². The van der Waals surface area contributed by atoms with Gasteiger partial charge in [0, 0.05) is 11.3 Å². The molecule has 37 heavy (non-hydrogen) atoms. The van der Waals surface area contributed by atoms with Crippen LogP contribution in [0.25, 0.3) is 10.2 Å². The normalized spacial score (nSPS) is 11.9. The maximum atomic E-state index is 13.1. The van der Waals surface area contributed by atoms with Crippen LogP contribution in [0.15, 0.2) is 76.6 Å². The smallest absolute Gasteiger partial charge is 0.326 e. The first-order chi connectivity index (χ1) is 17.7. The highest BCUT2D eigenvalue weighted by Gasteiger charge is 2.16. The largest absolute Gasteiger partial charge is 0.497 e. The second kappa shape index (κ2) is 10.9. The Bertz CT molecular complexity index is 1630. The van der Waals surface area contributed by atoms with E-state index in [4.69, 9.17) is 9.47 Å². The van der Waals surface area contributed by atoms with Gasteiger partial charge in [0.15, 0.2) is 4.80 Å². The third-order valence-corrected chi connectivity index (χ3v) is 7.63. The quantitative estimate of drug-likeness (QED) is 0.337. The third kappa shape index (κ3) is 6.04. The number of amides is 1. The molecule has 0 aliphatic heterocycles. The van der Waals surface area contributed by atoms with Gasteiger partial charge < -0.3 is 14.0 Å². The van der Waals surface area contributed by atoms with Gasteiger partial charge >= 0.3 is 5.97 Å². The zero-order chi connectivity index (χ0) is 26.6. The van der Waals surface area contributed by atoms with Gasteiger partial charge in [0.05, 0.1) is 28.8 Å². The van der Waals surface area contributed by atoms with Gasteiger partial charge in [0.2, 0.25) is 0 Å². The first-order valence-electron chi connectivity index (χ1n) is 11.0. The van der Waals surface area contributed by atoms with Crippen LogP contribution in [0.1, 0.15) is 17.3 Å². The van der Waals surface area contributed by atoms with Crippen LogP contribution < -0.4 is 14.3 Å². The minimum Gasteiger partial charge on any atom is -0.497 e. The van der Waals surface area contributed by atoms with Crippen molar-refractivity contribution in [2.45, 2.75) is 18.4 Å². The van der Waals surface area contributed by atoms with E-state index in [1.54, 1.807) is 36.8 Å². The molecule has 0 radical (unpaired) electrons. The number of carbonyl (C=O) groups is 2. The van der Waals surface area contributed by atoms with Crippen molar-refractivity contribution in [3.05, 3.63) is 82.9 Å². The number of ether oxygens (including phenoxy) is 2. The number of benzene rings is 3. The van der Waals surface area contributed by atoms with Gasteiger partial charge in [0.1, 0.15) is 18.1 Å². The minimum absolute atomic E-state index is 0.100. The number of halogens is 1. The lowest BCUT2D eigenvalue weighted by atomic mass is 10.2. The molecule has 9 nitrogen and oxygen atoms in total. The van der Waals surface area contributed by atoms with E-state index in [9.17, 15) is 22.4 Å². The van der Waals surface area contributed by atoms with E-state index >= 15 is 0 Å². The number of esters is 1. The molecule has 0 fully saturated rings. The van der Waals surface area contributed by atoms with E-state index in [2.05, 4.69) is 9.71 Å². The fraction of sp³-hybridized carbons (Fsp3) is 0.160. The fourth-order valence-electron chi connectivity index (χ4n) is 3.41. The summed E-state index contributed by atoms with van der Waals surface area (Å²) in [5, 5.41) is 0. The van der Waals surface area contributed by atoms with Gasteiger partial charge in [-0.15, -0.1) is 0 Å². The van der Waals surface area contributed by atoms with Crippen LogP contribution in [0.5, 0.6) is 5.75 Å². The molecule has 0 aliphatic carbocycles. The monoisotopic (exact) mass is 543 g/mol. The molecule has 0 saturated heterocycles. The molecule has 192 valence electrons. The number of nitrogens with one attached hydrogen (secondary N) is 1. The molecule has 0 unspecified atom stereocenters. The number of rotatable bonds is 8. The number of sulfonamides is 1. The number of nitrogens with zero attached hydrogens (tertiary/aromatic N) is 2. The van der Waals surface area contributed by atoms with Crippen molar-refractivity contribution < 1.29 is 31.9 Å². The van der Waals surface area contributed by atoms with E-state index in [0.717, 1.165) is 29.0 Å². The summed E-state index contributed by atoms with van der Waals surface area (Å²) < 4.78 is 53.2. The maximum Gasteiger partial charge on any atom is 0.326 e. The van der Waals surface area contributed by atoms with Crippen LogP contribution in [0, 0.1) is 5.82 Å². The molecule has 0 atom stereocenters. The molecule has 4 aromatic rings. The molecule has 1 aromatic heterocycles. The lowest BCUT2D eigenvalue weighted by molar-refractivity contribution is -0.143. The topological polar surface area (TPSA) is 116 Å². The molecule has 0 spiro atoms. The second-order valence-corrected chi connectivity index (χ2v) is 10.4. The van der Waals surface area contributed by atoms with E-state index < -0.39 is 27.7 Å². The van der Waals surface area contributed by atoms with Crippen LogP contribution in [0.3, 0.4) is 0 Å². The first kappa shape index (κ1) is 26.0. The van der Waals surface area contributed by atoms with Crippen LogP contribution in [-0.2, 0) is 26.1 Å². The van der Waals surface area contributed by atoms with Gasteiger partial charge in [-0.25, -0.2) is 12.8 Å². The van der Waals surface area contributed by atoms with Gasteiger partial charge in [-0.3, -0.25) is 14.3 Å². The Morgan fingerprint density at radius 1 is 1.05 bits per heavy atom. The molecule has 1 heterocycles. The Labute approximate surface area is 215 Å². The van der Waals surface area contributed by atoms with E-state index in [1.807, 2.05) is 0 Å². The zero-order valence-electron chi connectivity index (χ0n) is 19.8. The molecule has 1 amide bonds. The van der Waals surface area contributed by atoms with Crippen molar-refractivity contribution in [3.63, 3.8) is 0 Å². The maximum absolute atomic E-state index is 13.1. The molecule has 0 aliphatic rings. The summed E-state index contributed by atoms with van der Waals surface area (Å²) in [6.07, 6.45) is 0. The number of hydrogen-bond acceptors (Lipinski definition) is 7. The Hall–Kier alpha value is -4.03. The Kier molecular flexibility index (Phi) is 7.69. The van der Waals surface area contributed by atoms with Crippen LogP contribution in [-0.4, -0.2) is 38.6 Å². The predicted octanol–water partition coefficient (Wildman–Crippen LogP) is 3.96. The Balaban J connectivity index is 1.62. The fourth-order valence-corrected chi connectivity index (χ4v) is 5.53. The summed E-state index contributed by atoms with van der Waals surface area (Å²) in [6.45, 7) is 1.80. The van der Waals surface area contributed by atoms with E-state index in [0.29, 0.717) is 16.1 Å². The van der Waals surface area contributed by atoms with Gasteiger partial charge in [-0.2, -0.15) is 4.99 Å². The number of fused-ring (bicyclic) bond motifs is 1. The molecule has 4 rings (SSSR count). The number of anilines is 1. The third-order valence-electron chi connectivity index (χ3n) is 5.19. The number of carbonyl (C=O) groups excluding carboxylic acids is 2.